The Morgan fingerprint density at radius 3 is 0.755 bits per heavy atom. The van der Waals surface area contributed by atoms with E-state index in [-0.39, 0.29) is 0 Å². The predicted octanol–water partition coefficient (Wildman–Crippen LogP) is 27.2. The molecule has 0 aliphatic rings. The zero-order valence-electron chi connectivity index (χ0n) is 59.5. The van der Waals surface area contributed by atoms with Gasteiger partial charge in [0.25, 0.3) is 0 Å². The molecule has 0 N–H and O–H groups in total. The molecular weight excluding hydrogens is 1380 g/mol. The van der Waals surface area contributed by atoms with Crippen molar-refractivity contribution >= 4 is 64.7 Å². The van der Waals surface area contributed by atoms with Gasteiger partial charge in [-0.1, -0.05) is 364 Å². The second-order valence-corrected chi connectivity index (χ2v) is 29.0. The van der Waals surface area contributed by atoms with Crippen LogP contribution in [0.5, 0.6) is 0 Å². The molecule has 0 bridgehead atoms. The van der Waals surface area contributed by atoms with Crippen molar-refractivity contribution in [3.05, 3.63) is 394 Å². The maximum atomic E-state index is 5.37. The number of hydrogen-bond acceptors (Lipinski definition) is 9. The standard InChI is InChI=1S/C51H33N3S.C50H32N4S/c1-6-16-35(17-7-1)44-33-45(54-51(53-44)40-24-14-5-15-25-40)36-28-26-34(27-29-36)41-30-31-43-42(32-41)47-46(37-18-8-2-9-19-37)49(39-22-12-4-13-23-39)55-50(47)48(52-43)38-20-10-3-11-21-38;1-6-16-34(17-7-1)43-44-41-32-40(30-31-42(41)51-45(35-18-8-2-9-19-35)47(44)55-46(43)36-20-10-3-11-21-36)33-26-28-39(29-27-33)50-53-48(37-22-12-4-13-23-37)52-49(54-50)38-24-14-5-15-25-38/h1-33H;1-32H. The van der Waals surface area contributed by atoms with Crippen molar-refractivity contribution in [1.29, 1.82) is 0 Å². The van der Waals surface area contributed by atoms with E-state index in [4.69, 9.17) is 34.9 Å². The second-order valence-electron chi connectivity index (χ2n) is 27.0. The van der Waals surface area contributed by atoms with Gasteiger partial charge < -0.3 is 0 Å². The van der Waals surface area contributed by atoms with Gasteiger partial charge in [-0.3, -0.25) is 0 Å². The first-order valence-corrected chi connectivity index (χ1v) is 38.4. The highest BCUT2D eigenvalue weighted by molar-refractivity contribution is 7.24. The van der Waals surface area contributed by atoms with Gasteiger partial charge in [-0.15, -0.1) is 22.7 Å². The zero-order valence-corrected chi connectivity index (χ0v) is 61.1. The third-order valence-electron chi connectivity index (χ3n) is 20.1. The average molecular weight is 1440 g/mol. The maximum Gasteiger partial charge on any atom is 0.164 e. The molecule has 0 radical (unpaired) electrons. The second kappa shape index (κ2) is 29.7. The summed E-state index contributed by atoms with van der Waals surface area (Å²) >= 11 is 3.66. The van der Waals surface area contributed by atoms with Crippen molar-refractivity contribution in [3.8, 4) is 156 Å². The lowest BCUT2D eigenvalue weighted by atomic mass is 9.94. The topological polar surface area (TPSA) is 90.2 Å². The van der Waals surface area contributed by atoms with Crippen molar-refractivity contribution in [1.82, 2.24) is 34.9 Å². The molecule has 6 aromatic heterocycles. The van der Waals surface area contributed by atoms with E-state index >= 15 is 0 Å². The molecule has 110 heavy (non-hydrogen) atoms. The van der Waals surface area contributed by atoms with Crippen molar-refractivity contribution < 1.29 is 0 Å². The minimum atomic E-state index is 0.635. The van der Waals surface area contributed by atoms with Crippen LogP contribution in [0.3, 0.4) is 0 Å². The molecule has 0 saturated heterocycles. The Balaban J connectivity index is 0.000000149. The van der Waals surface area contributed by atoms with E-state index in [0.29, 0.717) is 23.3 Å². The van der Waals surface area contributed by atoms with Gasteiger partial charge >= 0.3 is 0 Å². The van der Waals surface area contributed by atoms with E-state index in [0.717, 1.165) is 111 Å². The Kier molecular flexibility index (Phi) is 18.0. The number of thiophene rings is 2. The molecule has 0 aliphatic carbocycles. The minimum Gasteiger partial charge on any atom is -0.246 e. The molecule has 0 aliphatic heterocycles. The average Bonchev–Trinajstić information content (AvgIpc) is 1.64. The fourth-order valence-electron chi connectivity index (χ4n) is 14.7. The van der Waals surface area contributed by atoms with Gasteiger partial charge in [0, 0.05) is 86.9 Å². The Morgan fingerprint density at radius 1 is 0.173 bits per heavy atom. The van der Waals surface area contributed by atoms with Crippen LogP contribution in [0.1, 0.15) is 0 Å². The van der Waals surface area contributed by atoms with Crippen LogP contribution in [0.25, 0.3) is 198 Å². The van der Waals surface area contributed by atoms with E-state index in [2.05, 4.69) is 297 Å². The highest BCUT2D eigenvalue weighted by Gasteiger charge is 2.26. The number of fused-ring (bicyclic) bond motifs is 6. The Morgan fingerprint density at radius 2 is 0.418 bits per heavy atom. The van der Waals surface area contributed by atoms with Crippen LogP contribution in [-0.2, 0) is 0 Å². The molecule has 0 amide bonds. The molecule has 0 fully saturated rings. The fourth-order valence-corrected chi connectivity index (χ4v) is 17.4. The highest BCUT2D eigenvalue weighted by atomic mass is 32.1. The van der Waals surface area contributed by atoms with Crippen molar-refractivity contribution in [2.75, 3.05) is 0 Å². The summed E-state index contributed by atoms with van der Waals surface area (Å²) in [6.45, 7) is 0. The number of hydrogen-bond donors (Lipinski definition) is 0. The molecule has 516 valence electrons. The highest BCUT2D eigenvalue weighted by Crippen LogP contribution is 2.53. The van der Waals surface area contributed by atoms with Gasteiger partial charge in [0.05, 0.1) is 43.2 Å². The molecule has 0 spiro atoms. The van der Waals surface area contributed by atoms with Gasteiger partial charge in [0.1, 0.15) is 0 Å². The number of aromatic nitrogens is 7. The van der Waals surface area contributed by atoms with E-state index in [1.165, 1.54) is 63.3 Å². The van der Waals surface area contributed by atoms with E-state index < -0.39 is 0 Å². The Labute approximate surface area is 645 Å². The van der Waals surface area contributed by atoms with Crippen molar-refractivity contribution in [2.24, 2.45) is 0 Å². The lowest BCUT2D eigenvalue weighted by Crippen LogP contribution is -2.00. The van der Waals surface area contributed by atoms with Gasteiger partial charge in [0.15, 0.2) is 23.3 Å². The van der Waals surface area contributed by atoms with Crippen LogP contribution in [0.4, 0.5) is 0 Å². The van der Waals surface area contributed by atoms with Crippen LogP contribution in [0, 0.1) is 0 Å². The molecule has 0 unspecified atom stereocenters. The normalized spacial score (nSPS) is 11.3. The molecule has 0 saturated carbocycles. The lowest BCUT2D eigenvalue weighted by molar-refractivity contribution is 1.07. The van der Waals surface area contributed by atoms with Crippen molar-refractivity contribution in [3.63, 3.8) is 0 Å². The first-order chi connectivity index (χ1) is 54.5. The fraction of sp³-hybridized carbons (Fsp3) is 0. The molecule has 7 nitrogen and oxygen atoms in total. The lowest BCUT2D eigenvalue weighted by Gasteiger charge is -2.12. The van der Waals surface area contributed by atoms with Gasteiger partial charge in [-0.2, -0.15) is 0 Å². The van der Waals surface area contributed by atoms with E-state index in [1.54, 1.807) is 0 Å². The Bertz CT molecular complexity index is 6150. The van der Waals surface area contributed by atoms with Crippen LogP contribution in [0.15, 0.2) is 394 Å². The molecule has 14 aromatic carbocycles. The minimum absolute atomic E-state index is 0.635. The van der Waals surface area contributed by atoms with Gasteiger partial charge in [-0.25, -0.2) is 34.9 Å². The smallest absolute Gasteiger partial charge is 0.164 e. The van der Waals surface area contributed by atoms with Gasteiger partial charge in [0.2, 0.25) is 0 Å². The maximum absolute atomic E-state index is 5.37. The number of rotatable bonds is 14. The molecule has 20 aromatic rings. The summed E-state index contributed by atoms with van der Waals surface area (Å²) in [6, 6.07) is 138. The van der Waals surface area contributed by atoms with Crippen LogP contribution in [0.2, 0.25) is 0 Å². The van der Waals surface area contributed by atoms with Gasteiger partial charge in [-0.05, 0) is 74.8 Å². The monoisotopic (exact) mass is 1440 g/mol. The first kappa shape index (κ1) is 66.6. The number of nitrogens with zero attached hydrogens (tertiary/aromatic N) is 7. The third-order valence-corrected chi connectivity index (χ3v) is 22.5. The summed E-state index contributed by atoms with van der Waals surface area (Å²) in [5.74, 6) is 2.64. The molecule has 6 heterocycles. The van der Waals surface area contributed by atoms with E-state index in [9.17, 15) is 0 Å². The summed E-state index contributed by atoms with van der Waals surface area (Å²) in [7, 11) is 0. The summed E-state index contributed by atoms with van der Waals surface area (Å²) < 4.78 is 2.37. The molecule has 20 rings (SSSR count). The molecule has 9 heteroatoms. The van der Waals surface area contributed by atoms with Crippen molar-refractivity contribution in [2.45, 2.75) is 0 Å². The van der Waals surface area contributed by atoms with Crippen LogP contribution >= 0.6 is 22.7 Å². The Hall–Kier alpha value is -14.1. The largest absolute Gasteiger partial charge is 0.246 e. The summed E-state index contributed by atoms with van der Waals surface area (Å²) in [4.78, 5) is 38.0. The SMILES string of the molecule is c1ccc(-c2cc(-c3ccc(-c4ccc5nc(-c6ccccc6)c6sc(-c7ccccc7)c(-c7ccccc7)c6c5c4)cc3)nc(-c3ccccc3)n2)cc1.c1ccc(-c2nc(-c3ccccc3)nc(-c3ccc(-c4ccc5nc(-c6ccccc6)c6sc(-c7ccccc7)c(-c7ccccc7)c6c5c4)cc3)n2)cc1. The van der Waals surface area contributed by atoms with Crippen LogP contribution in [-0.4, -0.2) is 34.9 Å². The summed E-state index contributed by atoms with van der Waals surface area (Å²) in [5.41, 5.74) is 25.6. The number of pyridine rings is 2. The molecule has 0 atom stereocenters. The third kappa shape index (κ3) is 13.2. The predicted molar refractivity (Wildman–Crippen MR) is 459 cm³/mol. The summed E-state index contributed by atoms with van der Waals surface area (Å²) in [5, 5.41) is 4.74. The molecular formula is C101H65N7S2. The zero-order chi connectivity index (χ0) is 73.1. The van der Waals surface area contributed by atoms with Crippen LogP contribution < -0.4 is 0 Å². The number of benzene rings is 14. The quantitative estimate of drug-likeness (QED) is 0.107. The summed E-state index contributed by atoms with van der Waals surface area (Å²) in [6.07, 6.45) is 0. The van der Waals surface area contributed by atoms with E-state index in [1.807, 2.05) is 120 Å². The first-order valence-electron chi connectivity index (χ1n) is 36.7.